The Hall–Kier alpha value is -2.57. The molecule has 0 unspecified atom stereocenters. The van der Waals surface area contributed by atoms with Crippen molar-refractivity contribution in [3.05, 3.63) is 71.8 Å². The van der Waals surface area contributed by atoms with Crippen LogP contribution in [0, 0.1) is 18.3 Å². The lowest BCUT2D eigenvalue weighted by atomic mass is 9.99. The van der Waals surface area contributed by atoms with Crippen molar-refractivity contribution in [2.45, 2.75) is 52.5 Å². The van der Waals surface area contributed by atoms with Crippen LogP contribution in [-0.2, 0) is 11.2 Å². The highest BCUT2D eigenvalue weighted by molar-refractivity contribution is 5.79. The fraction of sp³-hybridized carbons (Fsp3) is 0.464. The number of carbonyl (C=O) groups is 1. The zero-order valence-electron chi connectivity index (χ0n) is 19.5. The van der Waals surface area contributed by atoms with Gasteiger partial charge in [-0.1, -0.05) is 68.8 Å². The highest BCUT2D eigenvalue weighted by Gasteiger charge is 2.28. The Morgan fingerprint density at radius 2 is 1.97 bits per heavy atom. The van der Waals surface area contributed by atoms with Gasteiger partial charge in [0.2, 0.25) is 5.91 Å². The van der Waals surface area contributed by atoms with Crippen LogP contribution in [0.2, 0.25) is 0 Å². The van der Waals surface area contributed by atoms with Crippen molar-refractivity contribution in [2.24, 2.45) is 5.92 Å². The number of piperidine rings is 1. The summed E-state index contributed by atoms with van der Waals surface area (Å²) in [5, 5.41) is 0. The van der Waals surface area contributed by atoms with Crippen molar-refractivity contribution in [1.82, 2.24) is 9.80 Å². The number of carbonyl (C=O) groups excluding carboxylic acids is 1. The maximum atomic E-state index is 13.4. The molecule has 3 nitrogen and oxygen atoms in total. The molecule has 166 valence electrons. The largest absolute Gasteiger partial charge is 0.335 e. The third-order valence-electron chi connectivity index (χ3n) is 5.99. The number of terminal acetylenes is 1. The van der Waals surface area contributed by atoms with E-state index in [9.17, 15) is 4.79 Å². The van der Waals surface area contributed by atoms with Gasteiger partial charge in [0.05, 0.1) is 6.42 Å². The molecule has 0 saturated carbocycles. The lowest BCUT2D eigenvalue weighted by Gasteiger charge is -2.39. The van der Waals surface area contributed by atoms with Gasteiger partial charge in [-0.15, -0.1) is 6.42 Å². The molecule has 0 radical (unpaired) electrons. The fourth-order valence-corrected chi connectivity index (χ4v) is 3.96. The number of hydrogen-bond donors (Lipinski definition) is 0. The molecule has 1 aromatic rings. The van der Waals surface area contributed by atoms with Gasteiger partial charge in [0.1, 0.15) is 0 Å². The molecule has 1 amide bonds. The van der Waals surface area contributed by atoms with Crippen molar-refractivity contribution < 1.29 is 4.79 Å². The van der Waals surface area contributed by atoms with E-state index < -0.39 is 0 Å². The summed E-state index contributed by atoms with van der Waals surface area (Å²) >= 11 is 0. The van der Waals surface area contributed by atoms with Crippen molar-refractivity contribution in [3.63, 3.8) is 0 Å². The van der Waals surface area contributed by atoms with E-state index in [1.54, 1.807) is 6.08 Å². The Kier molecular flexibility index (Phi) is 10.3. The molecule has 1 heterocycles. The van der Waals surface area contributed by atoms with E-state index in [-0.39, 0.29) is 11.9 Å². The fourth-order valence-electron chi connectivity index (χ4n) is 3.96. The lowest BCUT2D eigenvalue weighted by molar-refractivity contribution is -0.133. The second-order valence-corrected chi connectivity index (χ2v) is 8.75. The first-order chi connectivity index (χ1) is 15.0. The summed E-state index contributed by atoms with van der Waals surface area (Å²) in [5.74, 6) is 3.56. The molecule has 3 heteroatoms. The van der Waals surface area contributed by atoms with E-state index >= 15 is 0 Å². The minimum absolute atomic E-state index is 0.181. The quantitative estimate of drug-likeness (QED) is 0.382. The van der Waals surface area contributed by atoms with E-state index in [1.807, 2.05) is 49.4 Å². The van der Waals surface area contributed by atoms with Crippen LogP contribution in [-0.4, -0.2) is 47.9 Å². The summed E-state index contributed by atoms with van der Waals surface area (Å²) in [5.41, 5.74) is 2.85. The summed E-state index contributed by atoms with van der Waals surface area (Å²) < 4.78 is 0. The average Bonchev–Trinajstić information content (AvgIpc) is 2.79. The number of nitrogens with zero attached hydrogens (tertiary/aromatic N) is 2. The first-order valence-electron chi connectivity index (χ1n) is 11.5. The molecule has 0 aliphatic carbocycles. The predicted octanol–water partition coefficient (Wildman–Crippen LogP) is 5.26. The molecule has 31 heavy (non-hydrogen) atoms. The Morgan fingerprint density at radius 1 is 1.29 bits per heavy atom. The highest BCUT2D eigenvalue weighted by atomic mass is 16.2. The summed E-state index contributed by atoms with van der Waals surface area (Å²) in [7, 11) is 0. The Bertz CT molecular complexity index is 805. The molecule has 0 aromatic heterocycles. The summed E-state index contributed by atoms with van der Waals surface area (Å²) in [6.07, 6.45) is 15.0. The van der Waals surface area contributed by atoms with Crippen LogP contribution in [0.5, 0.6) is 0 Å². The molecule has 1 saturated heterocycles. The third-order valence-corrected chi connectivity index (χ3v) is 5.99. The molecule has 1 aliphatic heterocycles. The first-order valence-corrected chi connectivity index (χ1v) is 11.5. The highest BCUT2D eigenvalue weighted by Crippen LogP contribution is 2.21. The predicted molar refractivity (Wildman–Crippen MR) is 132 cm³/mol. The number of benzene rings is 1. The van der Waals surface area contributed by atoms with Gasteiger partial charge in [-0.25, -0.2) is 0 Å². The topological polar surface area (TPSA) is 23.6 Å². The van der Waals surface area contributed by atoms with Crippen LogP contribution in [0.15, 0.2) is 66.3 Å². The molecule has 1 aliphatic rings. The second-order valence-electron chi connectivity index (χ2n) is 8.75. The van der Waals surface area contributed by atoms with Gasteiger partial charge in [0.15, 0.2) is 0 Å². The van der Waals surface area contributed by atoms with Crippen LogP contribution in [0.1, 0.15) is 45.6 Å². The molecular formula is C28H38N2O. The van der Waals surface area contributed by atoms with Gasteiger partial charge in [-0.05, 0) is 55.9 Å². The molecule has 1 fully saturated rings. The maximum Gasteiger partial charge on any atom is 0.227 e. The van der Waals surface area contributed by atoms with E-state index in [2.05, 4.69) is 36.1 Å². The van der Waals surface area contributed by atoms with Crippen LogP contribution in [0.4, 0.5) is 0 Å². The Labute approximate surface area is 189 Å². The number of amides is 1. The zero-order valence-corrected chi connectivity index (χ0v) is 19.5. The van der Waals surface area contributed by atoms with Crippen LogP contribution < -0.4 is 0 Å². The molecule has 0 bridgehead atoms. The van der Waals surface area contributed by atoms with E-state index in [4.69, 9.17) is 6.42 Å². The normalized spacial score (nSPS) is 16.2. The number of hydrogen-bond acceptors (Lipinski definition) is 2. The first kappa shape index (κ1) is 24.7. The smallest absolute Gasteiger partial charge is 0.227 e. The van der Waals surface area contributed by atoms with E-state index in [0.29, 0.717) is 13.0 Å². The van der Waals surface area contributed by atoms with E-state index in [0.717, 1.165) is 55.1 Å². The number of rotatable bonds is 10. The standard InChI is InChI=1S/C28H38N2O/c1-6-24(7-2)20-25(8-3)22-30(28(31)21-26-12-10-9-11-13-26)27-15-18-29(19-16-27)17-14-23(4)5/h1,7-13,20,23,27H,2,14-19,21-22H2,3-5H3/b24-20-,25-8+. The Morgan fingerprint density at radius 3 is 2.52 bits per heavy atom. The molecule has 0 N–H and O–H groups in total. The molecule has 1 aromatic carbocycles. The SMILES string of the molecule is C#C/C(C=C)=C/C(=C\C)CN(C(=O)Cc1ccccc1)C1CCN(CCC(C)C)CC1. The minimum atomic E-state index is 0.181. The minimum Gasteiger partial charge on any atom is -0.335 e. The molecule has 0 atom stereocenters. The molecular weight excluding hydrogens is 380 g/mol. The Balaban J connectivity index is 2.14. The number of allylic oxidation sites excluding steroid dienone is 3. The third kappa shape index (κ3) is 8.23. The molecule has 0 spiro atoms. The van der Waals surface area contributed by atoms with Crippen LogP contribution in [0.25, 0.3) is 0 Å². The monoisotopic (exact) mass is 418 g/mol. The lowest BCUT2D eigenvalue weighted by Crippen LogP contribution is -2.48. The van der Waals surface area contributed by atoms with Crippen molar-refractivity contribution in [2.75, 3.05) is 26.2 Å². The van der Waals surface area contributed by atoms with Crippen molar-refractivity contribution in [1.29, 1.82) is 0 Å². The van der Waals surface area contributed by atoms with Gasteiger partial charge in [0, 0.05) is 31.2 Å². The summed E-state index contributed by atoms with van der Waals surface area (Å²) in [4.78, 5) is 18.0. The van der Waals surface area contributed by atoms with Crippen molar-refractivity contribution >= 4 is 5.91 Å². The van der Waals surface area contributed by atoms with Gasteiger partial charge in [-0.2, -0.15) is 0 Å². The molecule has 2 rings (SSSR count). The zero-order chi connectivity index (χ0) is 22.6. The van der Waals surface area contributed by atoms with Crippen molar-refractivity contribution in [3.8, 4) is 12.3 Å². The van der Waals surface area contributed by atoms with Gasteiger partial charge >= 0.3 is 0 Å². The summed E-state index contributed by atoms with van der Waals surface area (Å²) in [6, 6.07) is 10.3. The average molecular weight is 419 g/mol. The van der Waals surface area contributed by atoms with Crippen LogP contribution >= 0.6 is 0 Å². The summed E-state index contributed by atoms with van der Waals surface area (Å²) in [6.45, 7) is 14.2. The van der Waals surface area contributed by atoms with Gasteiger partial charge < -0.3 is 9.80 Å². The number of likely N-dealkylation sites (tertiary alicyclic amines) is 1. The second kappa shape index (κ2) is 13.0. The maximum absolute atomic E-state index is 13.4. The van der Waals surface area contributed by atoms with E-state index in [1.165, 1.54) is 6.42 Å². The van der Waals surface area contributed by atoms with Gasteiger partial charge in [-0.3, -0.25) is 4.79 Å². The van der Waals surface area contributed by atoms with Crippen LogP contribution in [0.3, 0.4) is 0 Å². The van der Waals surface area contributed by atoms with Gasteiger partial charge in [0.25, 0.3) is 0 Å².